The molecule has 0 aromatic carbocycles. The predicted octanol–water partition coefficient (Wildman–Crippen LogP) is 3.01. The number of methoxy groups -OCH3 is 1. The minimum absolute atomic E-state index is 0.0930. The van der Waals surface area contributed by atoms with Crippen LogP contribution in [0.15, 0.2) is 5.38 Å². The van der Waals surface area contributed by atoms with Gasteiger partial charge in [0.25, 0.3) is 0 Å². The van der Waals surface area contributed by atoms with Crippen molar-refractivity contribution in [2.75, 3.05) is 12.4 Å². The number of esters is 1. The summed E-state index contributed by atoms with van der Waals surface area (Å²) < 4.78 is 4.60. The van der Waals surface area contributed by atoms with Crippen LogP contribution in [0.2, 0.25) is 0 Å². The Labute approximate surface area is 129 Å². The van der Waals surface area contributed by atoms with E-state index < -0.39 is 0 Å². The van der Waals surface area contributed by atoms with Gasteiger partial charge in [-0.1, -0.05) is 13.3 Å². The first-order valence-corrected chi connectivity index (χ1v) is 8.30. The molecule has 1 fully saturated rings. The lowest BCUT2D eigenvalue weighted by Crippen LogP contribution is -2.24. The fraction of sp³-hybridized carbons (Fsp3) is 0.667. The van der Waals surface area contributed by atoms with Crippen molar-refractivity contribution in [2.24, 2.45) is 11.8 Å². The van der Waals surface area contributed by atoms with Crippen LogP contribution in [0, 0.1) is 11.8 Å². The van der Waals surface area contributed by atoms with Gasteiger partial charge in [-0.3, -0.25) is 9.59 Å². The molecule has 1 aromatic heterocycles. The quantitative estimate of drug-likeness (QED) is 0.820. The van der Waals surface area contributed by atoms with Gasteiger partial charge in [-0.2, -0.15) is 0 Å². The van der Waals surface area contributed by atoms with Crippen molar-refractivity contribution in [1.82, 2.24) is 4.98 Å². The minimum atomic E-state index is -0.200. The van der Waals surface area contributed by atoms with Crippen molar-refractivity contribution >= 4 is 28.3 Å². The van der Waals surface area contributed by atoms with E-state index in [1.165, 1.54) is 18.4 Å². The van der Waals surface area contributed by atoms with Crippen LogP contribution in [0.1, 0.15) is 44.7 Å². The second-order valence-electron chi connectivity index (χ2n) is 5.58. The molecule has 1 N–H and O–H groups in total. The van der Waals surface area contributed by atoms with Crippen LogP contribution >= 0.6 is 11.3 Å². The number of aryl methyl sites for hydroxylation is 1. The molecule has 1 aliphatic carbocycles. The van der Waals surface area contributed by atoms with Crippen LogP contribution in [0.25, 0.3) is 0 Å². The lowest BCUT2D eigenvalue weighted by Gasteiger charge is -2.13. The molecule has 1 saturated carbocycles. The molecule has 1 aromatic rings. The zero-order valence-electron chi connectivity index (χ0n) is 12.6. The third-order valence-electron chi connectivity index (χ3n) is 4.02. The standard InChI is InChI=1S/C15H22N2O3S/c1-10-5-3-7-12(10)14(19)17-15-16-11(9-21-15)6-4-8-13(18)20-2/h9-10,12H,3-8H2,1-2H3,(H,16,17,19). The first kappa shape index (κ1) is 15.9. The molecule has 2 atom stereocenters. The fourth-order valence-corrected chi connectivity index (χ4v) is 3.48. The molecule has 1 heterocycles. The summed E-state index contributed by atoms with van der Waals surface area (Å²) in [6.45, 7) is 2.14. The number of nitrogens with one attached hydrogen (secondary N) is 1. The molecule has 6 heteroatoms. The van der Waals surface area contributed by atoms with Crippen LogP contribution in [0.4, 0.5) is 5.13 Å². The zero-order valence-corrected chi connectivity index (χ0v) is 13.4. The van der Waals surface area contributed by atoms with E-state index in [9.17, 15) is 9.59 Å². The Morgan fingerprint density at radius 1 is 1.48 bits per heavy atom. The van der Waals surface area contributed by atoms with Gasteiger partial charge < -0.3 is 10.1 Å². The second kappa shape index (κ2) is 7.54. The van der Waals surface area contributed by atoms with Crippen LogP contribution in [-0.2, 0) is 20.7 Å². The molecule has 2 rings (SSSR count). The second-order valence-corrected chi connectivity index (χ2v) is 6.44. The van der Waals surface area contributed by atoms with Crippen LogP contribution < -0.4 is 5.32 Å². The average Bonchev–Trinajstić information content (AvgIpc) is 3.07. The van der Waals surface area contributed by atoms with Gasteiger partial charge in [0.05, 0.1) is 12.8 Å². The smallest absolute Gasteiger partial charge is 0.305 e. The van der Waals surface area contributed by atoms with Gasteiger partial charge in [0.2, 0.25) is 5.91 Å². The predicted molar refractivity (Wildman–Crippen MR) is 82.2 cm³/mol. The Bertz CT molecular complexity index is 501. The highest BCUT2D eigenvalue weighted by atomic mass is 32.1. The maximum Gasteiger partial charge on any atom is 0.305 e. The fourth-order valence-electron chi connectivity index (χ4n) is 2.73. The summed E-state index contributed by atoms with van der Waals surface area (Å²) in [7, 11) is 1.39. The lowest BCUT2D eigenvalue weighted by molar-refractivity contribution is -0.140. The molecule has 21 heavy (non-hydrogen) atoms. The maximum absolute atomic E-state index is 12.2. The van der Waals surface area contributed by atoms with Gasteiger partial charge in [0.15, 0.2) is 5.13 Å². The third kappa shape index (κ3) is 4.52. The number of hydrogen-bond donors (Lipinski definition) is 1. The van der Waals surface area contributed by atoms with Gasteiger partial charge in [-0.05, 0) is 31.6 Å². The number of amides is 1. The van der Waals surface area contributed by atoms with Crippen LogP contribution in [-0.4, -0.2) is 24.0 Å². The SMILES string of the molecule is COC(=O)CCCc1csc(NC(=O)C2CCCC2C)n1. The number of rotatable bonds is 6. The van der Waals surface area contributed by atoms with E-state index in [-0.39, 0.29) is 17.8 Å². The van der Waals surface area contributed by atoms with E-state index in [1.54, 1.807) is 0 Å². The van der Waals surface area contributed by atoms with E-state index in [0.29, 0.717) is 23.9 Å². The molecule has 5 nitrogen and oxygen atoms in total. The highest BCUT2D eigenvalue weighted by molar-refractivity contribution is 7.13. The molecular formula is C15H22N2O3S. The summed E-state index contributed by atoms with van der Waals surface area (Å²) >= 11 is 1.44. The van der Waals surface area contributed by atoms with Crippen molar-refractivity contribution < 1.29 is 14.3 Å². The Hall–Kier alpha value is -1.43. The molecule has 1 amide bonds. The monoisotopic (exact) mass is 310 g/mol. The number of carbonyl (C=O) groups is 2. The first-order valence-electron chi connectivity index (χ1n) is 7.42. The van der Waals surface area contributed by atoms with Crippen LogP contribution in [0.5, 0.6) is 0 Å². The number of thiazole rings is 1. The third-order valence-corrected chi connectivity index (χ3v) is 4.83. The Kier molecular flexibility index (Phi) is 5.73. The molecule has 0 bridgehead atoms. The van der Waals surface area contributed by atoms with Gasteiger partial charge in [-0.15, -0.1) is 11.3 Å². The molecular weight excluding hydrogens is 288 g/mol. The van der Waals surface area contributed by atoms with E-state index in [0.717, 1.165) is 31.4 Å². The van der Waals surface area contributed by atoms with Gasteiger partial charge >= 0.3 is 5.97 Å². The Morgan fingerprint density at radius 3 is 2.95 bits per heavy atom. The number of ether oxygens (including phenoxy) is 1. The molecule has 0 radical (unpaired) electrons. The Morgan fingerprint density at radius 2 is 2.29 bits per heavy atom. The van der Waals surface area contributed by atoms with Crippen molar-refractivity contribution in [2.45, 2.75) is 45.4 Å². The van der Waals surface area contributed by atoms with Gasteiger partial charge in [-0.25, -0.2) is 4.98 Å². The summed E-state index contributed by atoms with van der Waals surface area (Å²) in [6, 6.07) is 0. The normalized spacial score (nSPS) is 21.2. The van der Waals surface area contributed by atoms with Gasteiger partial charge in [0, 0.05) is 17.7 Å². The summed E-state index contributed by atoms with van der Waals surface area (Å²) in [4.78, 5) is 27.6. The average molecular weight is 310 g/mol. The van der Waals surface area contributed by atoms with E-state index >= 15 is 0 Å². The number of carbonyl (C=O) groups excluding carboxylic acids is 2. The molecule has 2 unspecified atom stereocenters. The minimum Gasteiger partial charge on any atom is -0.469 e. The lowest BCUT2D eigenvalue weighted by atomic mass is 9.97. The van der Waals surface area contributed by atoms with Crippen LogP contribution in [0.3, 0.4) is 0 Å². The number of hydrogen-bond acceptors (Lipinski definition) is 5. The molecule has 0 spiro atoms. The molecule has 0 saturated heterocycles. The summed E-state index contributed by atoms with van der Waals surface area (Å²) in [6.07, 6.45) is 5.08. The topological polar surface area (TPSA) is 68.3 Å². The number of aromatic nitrogens is 1. The van der Waals surface area contributed by atoms with Crippen molar-refractivity contribution in [3.05, 3.63) is 11.1 Å². The molecule has 116 valence electrons. The number of anilines is 1. The first-order chi connectivity index (χ1) is 10.1. The largest absolute Gasteiger partial charge is 0.469 e. The van der Waals surface area contributed by atoms with E-state index in [2.05, 4.69) is 22.0 Å². The summed E-state index contributed by atoms with van der Waals surface area (Å²) in [5.41, 5.74) is 0.915. The zero-order chi connectivity index (χ0) is 15.2. The molecule has 0 aliphatic heterocycles. The highest BCUT2D eigenvalue weighted by Gasteiger charge is 2.30. The van der Waals surface area contributed by atoms with Crippen molar-refractivity contribution in [3.8, 4) is 0 Å². The number of nitrogens with zero attached hydrogens (tertiary/aromatic N) is 1. The van der Waals surface area contributed by atoms with E-state index in [1.807, 2.05) is 5.38 Å². The highest BCUT2D eigenvalue weighted by Crippen LogP contribution is 2.32. The summed E-state index contributed by atoms with van der Waals surface area (Å²) in [5.74, 6) is 0.477. The van der Waals surface area contributed by atoms with Crippen molar-refractivity contribution in [1.29, 1.82) is 0 Å². The van der Waals surface area contributed by atoms with E-state index in [4.69, 9.17) is 0 Å². The summed E-state index contributed by atoms with van der Waals surface area (Å²) in [5, 5.41) is 5.52. The molecule has 1 aliphatic rings. The van der Waals surface area contributed by atoms with Gasteiger partial charge in [0.1, 0.15) is 0 Å². The Balaban J connectivity index is 1.80. The van der Waals surface area contributed by atoms with Crippen molar-refractivity contribution in [3.63, 3.8) is 0 Å². The maximum atomic E-state index is 12.2.